The largest absolute Gasteiger partial charge is 0.319 e. The number of nitrogens with one attached hydrogen (secondary N) is 2. The standard InChI is InChI=1S/C10H6F3N3O/c11-6-1-8(13)9(2-7(6)12)16-10(17)5-3-14-15-4-5/h1-4H,(H,14,15)(H,16,17). The van der Waals surface area contributed by atoms with Crippen molar-refractivity contribution in [1.82, 2.24) is 10.2 Å². The van der Waals surface area contributed by atoms with Crippen LogP contribution in [0.5, 0.6) is 0 Å². The lowest BCUT2D eigenvalue weighted by molar-refractivity contribution is 0.102. The van der Waals surface area contributed by atoms with E-state index in [0.717, 1.165) is 0 Å². The summed E-state index contributed by atoms with van der Waals surface area (Å²) in [6.07, 6.45) is 2.50. The minimum Gasteiger partial charge on any atom is -0.319 e. The van der Waals surface area contributed by atoms with Gasteiger partial charge in [0.2, 0.25) is 0 Å². The summed E-state index contributed by atoms with van der Waals surface area (Å²) in [5, 5.41) is 8.02. The smallest absolute Gasteiger partial charge is 0.258 e. The molecule has 2 N–H and O–H groups in total. The van der Waals surface area contributed by atoms with Gasteiger partial charge in [-0.05, 0) is 0 Å². The van der Waals surface area contributed by atoms with Gasteiger partial charge in [0.25, 0.3) is 5.91 Å². The van der Waals surface area contributed by atoms with Gasteiger partial charge in [-0.2, -0.15) is 5.10 Å². The molecule has 0 bridgehead atoms. The van der Waals surface area contributed by atoms with Gasteiger partial charge >= 0.3 is 0 Å². The van der Waals surface area contributed by atoms with Crippen molar-refractivity contribution in [1.29, 1.82) is 0 Å². The summed E-state index contributed by atoms with van der Waals surface area (Å²) >= 11 is 0. The SMILES string of the molecule is O=C(Nc1cc(F)c(F)cc1F)c1cn[nH]c1. The van der Waals surface area contributed by atoms with Crippen molar-refractivity contribution in [3.05, 3.63) is 47.5 Å². The van der Waals surface area contributed by atoms with Crippen LogP contribution in [0.4, 0.5) is 18.9 Å². The molecule has 0 fully saturated rings. The highest BCUT2D eigenvalue weighted by Crippen LogP contribution is 2.18. The Morgan fingerprint density at radius 1 is 1.18 bits per heavy atom. The molecule has 0 saturated carbocycles. The second-order valence-electron chi connectivity index (χ2n) is 3.19. The molecule has 2 rings (SSSR count). The van der Waals surface area contributed by atoms with Gasteiger partial charge in [0.15, 0.2) is 11.6 Å². The Labute approximate surface area is 93.5 Å². The van der Waals surface area contributed by atoms with Crippen molar-refractivity contribution < 1.29 is 18.0 Å². The topological polar surface area (TPSA) is 57.8 Å². The number of carbonyl (C=O) groups excluding carboxylic acids is 1. The fourth-order valence-corrected chi connectivity index (χ4v) is 1.19. The van der Waals surface area contributed by atoms with Crippen molar-refractivity contribution in [3.63, 3.8) is 0 Å². The Hall–Kier alpha value is -2.31. The van der Waals surface area contributed by atoms with Crippen LogP contribution in [0.15, 0.2) is 24.5 Å². The van der Waals surface area contributed by atoms with E-state index < -0.39 is 29.0 Å². The van der Waals surface area contributed by atoms with Crippen LogP contribution in [0.3, 0.4) is 0 Å². The molecule has 0 radical (unpaired) electrons. The average molecular weight is 241 g/mol. The minimum absolute atomic E-state index is 0.147. The molecular formula is C10H6F3N3O. The molecule has 88 valence electrons. The summed E-state index contributed by atoms with van der Waals surface area (Å²) < 4.78 is 38.7. The summed E-state index contributed by atoms with van der Waals surface area (Å²) in [5.74, 6) is -4.29. The highest BCUT2D eigenvalue weighted by Gasteiger charge is 2.13. The van der Waals surface area contributed by atoms with Crippen LogP contribution in [0.2, 0.25) is 0 Å². The molecule has 1 aromatic carbocycles. The van der Waals surface area contributed by atoms with E-state index in [1.54, 1.807) is 0 Å². The van der Waals surface area contributed by atoms with Gasteiger partial charge < -0.3 is 5.32 Å². The van der Waals surface area contributed by atoms with Crippen molar-refractivity contribution in [2.75, 3.05) is 5.32 Å². The van der Waals surface area contributed by atoms with Gasteiger partial charge in [0.1, 0.15) is 5.82 Å². The highest BCUT2D eigenvalue weighted by atomic mass is 19.2. The van der Waals surface area contributed by atoms with Crippen LogP contribution in [0.1, 0.15) is 10.4 Å². The first-order chi connectivity index (χ1) is 8.08. The first-order valence-corrected chi connectivity index (χ1v) is 4.52. The van der Waals surface area contributed by atoms with E-state index in [9.17, 15) is 18.0 Å². The molecule has 4 nitrogen and oxygen atoms in total. The minimum atomic E-state index is -1.32. The summed E-state index contributed by atoms with van der Waals surface area (Å²) in [5.41, 5.74) is -0.288. The molecule has 2 aromatic rings. The summed E-state index contributed by atoms with van der Waals surface area (Å²) in [6, 6.07) is 0.933. The van der Waals surface area contributed by atoms with Gasteiger partial charge in [-0.3, -0.25) is 9.89 Å². The van der Waals surface area contributed by atoms with Gasteiger partial charge in [-0.1, -0.05) is 0 Å². The number of hydrogen-bond donors (Lipinski definition) is 2. The Morgan fingerprint density at radius 3 is 2.53 bits per heavy atom. The molecular weight excluding hydrogens is 235 g/mol. The van der Waals surface area contributed by atoms with Crippen molar-refractivity contribution in [3.8, 4) is 0 Å². The summed E-state index contributed by atoms with van der Waals surface area (Å²) in [7, 11) is 0. The average Bonchev–Trinajstić information content (AvgIpc) is 2.79. The number of H-pyrrole nitrogens is 1. The van der Waals surface area contributed by atoms with E-state index in [1.165, 1.54) is 12.4 Å². The first-order valence-electron chi connectivity index (χ1n) is 4.52. The lowest BCUT2D eigenvalue weighted by Crippen LogP contribution is -2.12. The van der Waals surface area contributed by atoms with Crippen LogP contribution in [-0.4, -0.2) is 16.1 Å². The van der Waals surface area contributed by atoms with Crippen molar-refractivity contribution in [2.45, 2.75) is 0 Å². The van der Waals surface area contributed by atoms with E-state index in [2.05, 4.69) is 15.5 Å². The Kier molecular flexibility index (Phi) is 2.82. The molecule has 0 aliphatic heterocycles. The molecule has 0 aliphatic carbocycles. The second-order valence-corrected chi connectivity index (χ2v) is 3.19. The van der Waals surface area contributed by atoms with Gasteiger partial charge in [0.05, 0.1) is 17.4 Å². The number of anilines is 1. The summed E-state index contributed by atoms with van der Waals surface area (Å²) in [6.45, 7) is 0. The lowest BCUT2D eigenvalue weighted by Gasteiger charge is -2.05. The molecule has 1 amide bonds. The number of aromatic amines is 1. The van der Waals surface area contributed by atoms with Crippen molar-refractivity contribution in [2.24, 2.45) is 0 Å². The molecule has 1 heterocycles. The number of rotatable bonds is 2. The molecule has 0 saturated heterocycles. The maximum absolute atomic E-state index is 13.2. The fraction of sp³-hybridized carbons (Fsp3) is 0. The van der Waals surface area contributed by atoms with E-state index in [-0.39, 0.29) is 5.56 Å². The van der Waals surface area contributed by atoms with E-state index in [4.69, 9.17) is 0 Å². The van der Waals surface area contributed by atoms with Gasteiger partial charge in [0, 0.05) is 18.3 Å². The molecule has 1 aromatic heterocycles. The number of halogens is 3. The van der Waals surface area contributed by atoms with Crippen LogP contribution in [0, 0.1) is 17.5 Å². The third kappa shape index (κ3) is 2.27. The Bertz CT molecular complexity index is 554. The first kappa shape index (κ1) is 11.2. The number of aromatic nitrogens is 2. The maximum Gasteiger partial charge on any atom is 0.258 e. The van der Waals surface area contributed by atoms with Crippen LogP contribution in [-0.2, 0) is 0 Å². The molecule has 0 unspecified atom stereocenters. The zero-order chi connectivity index (χ0) is 12.4. The Morgan fingerprint density at radius 2 is 1.88 bits per heavy atom. The van der Waals surface area contributed by atoms with Crippen LogP contribution < -0.4 is 5.32 Å². The predicted molar refractivity (Wildman–Crippen MR) is 52.9 cm³/mol. The zero-order valence-electron chi connectivity index (χ0n) is 8.30. The van der Waals surface area contributed by atoms with Gasteiger partial charge in [-0.25, -0.2) is 13.2 Å². The number of nitrogens with zero attached hydrogens (tertiary/aromatic N) is 1. The molecule has 0 spiro atoms. The molecule has 0 aliphatic rings. The maximum atomic E-state index is 13.2. The third-order valence-electron chi connectivity index (χ3n) is 2.02. The second kappa shape index (κ2) is 4.28. The van der Waals surface area contributed by atoms with Crippen molar-refractivity contribution >= 4 is 11.6 Å². The number of benzene rings is 1. The molecule has 17 heavy (non-hydrogen) atoms. The normalized spacial score (nSPS) is 10.3. The van der Waals surface area contributed by atoms with Gasteiger partial charge in [-0.15, -0.1) is 0 Å². The third-order valence-corrected chi connectivity index (χ3v) is 2.02. The van der Waals surface area contributed by atoms with E-state index in [0.29, 0.717) is 12.1 Å². The number of amides is 1. The number of hydrogen-bond acceptors (Lipinski definition) is 2. The molecule has 0 atom stereocenters. The Balaban J connectivity index is 2.25. The monoisotopic (exact) mass is 241 g/mol. The quantitative estimate of drug-likeness (QED) is 0.791. The van der Waals surface area contributed by atoms with Crippen LogP contribution >= 0.6 is 0 Å². The summed E-state index contributed by atoms with van der Waals surface area (Å²) in [4.78, 5) is 11.5. The predicted octanol–water partition coefficient (Wildman–Crippen LogP) is 2.08. The van der Waals surface area contributed by atoms with E-state index in [1.807, 2.05) is 0 Å². The zero-order valence-corrected chi connectivity index (χ0v) is 8.30. The van der Waals surface area contributed by atoms with Crippen LogP contribution in [0.25, 0.3) is 0 Å². The number of carbonyl (C=O) groups is 1. The fourth-order valence-electron chi connectivity index (χ4n) is 1.19. The van der Waals surface area contributed by atoms with E-state index >= 15 is 0 Å². The molecule has 7 heteroatoms. The highest BCUT2D eigenvalue weighted by molar-refractivity contribution is 6.03. The lowest BCUT2D eigenvalue weighted by atomic mass is 10.2.